The molecule has 13 nitrogen and oxygen atoms in total. The zero-order valence-electron chi connectivity index (χ0n) is 29.6. The summed E-state index contributed by atoms with van der Waals surface area (Å²) in [6, 6.07) is -4.33. The average molecular weight is 677 g/mol. The van der Waals surface area contributed by atoms with Crippen LogP contribution in [0.15, 0.2) is 0 Å². The molecule has 7 N–H and O–H groups in total. The van der Waals surface area contributed by atoms with Crippen molar-refractivity contribution in [3.63, 3.8) is 0 Å². The molecule has 1 spiro atoms. The molecule has 8 atom stereocenters. The second-order valence-electron chi connectivity index (χ2n) is 15.1. The molecule has 0 bridgehead atoms. The SMILES string of the molecule is CCC[C@H]1C(=O)N[C@@H](C2CCCCC2)C(=O)N[C@@H](CN)C(=O)N[C@@H]([C@H](C)O)C(=O)N[C@H](C)O[C@H](CC2CC3(CCC3)C2)[C@@H](C)C(=O)N1C. The normalized spacial score (nSPS) is 34.1. The number of rotatable bonds is 7. The summed E-state index contributed by atoms with van der Waals surface area (Å²) in [5.41, 5.74) is 6.35. The van der Waals surface area contributed by atoms with Gasteiger partial charge < -0.3 is 41.7 Å². The van der Waals surface area contributed by atoms with Crippen LogP contribution in [0.3, 0.4) is 0 Å². The minimum absolute atomic E-state index is 0.159. The van der Waals surface area contributed by atoms with E-state index in [1.54, 1.807) is 20.9 Å². The van der Waals surface area contributed by atoms with Crippen LogP contribution in [0, 0.1) is 23.2 Å². The van der Waals surface area contributed by atoms with Crippen LogP contribution in [-0.4, -0.2) is 95.7 Å². The zero-order valence-corrected chi connectivity index (χ0v) is 29.6. The summed E-state index contributed by atoms with van der Waals surface area (Å²) in [7, 11) is 1.63. The number of aliphatic hydroxyl groups excluding tert-OH is 1. The Morgan fingerprint density at radius 3 is 2.15 bits per heavy atom. The van der Waals surface area contributed by atoms with Gasteiger partial charge in [-0.1, -0.05) is 46.0 Å². The van der Waals surface area contributed by atoms with E-state index in [9.17, 15) is 29.1 Å². The van der Waals surface area contributed by atoms with Gasteiger partial charge in [0.25, 0.3) is 0 Å². The van der Waals surface area contributed by atoms with E-state index in [1.807, 2.05) is 6.92 Å². The van der Waals surface area contributed by atoms with Crippen molar-refractivity contribution in [2.24, 2.45) is 28.9 Å². The van der Waals surface area contributed by atoms with Crippen LogP contribution in [0.4, 0.5) is 0 Å². The molecular formula is C35H60N6O7. The highest BCUT2D eigenvalue weighted by molar-refractivity contribution is 5.96. The molecule has 0 radical (unpaired) electrons. The number of hydrogen-bond donors (Lipinski definition) is 6. The smallest absolute Gasteiger partial charge is 0.247 e. The van der Waals surface area contributed by atoms with Crippen LogP contribution in [0.2, 0.25) is 0 Å². The molecule has 4 rings (SSSR count). The van der Waals surface area contributed by atoms with Crippen LogP contribution in [0.5, 0.6) is 0 Å². The standard InChI is InChI=1S/C35H60N6O7/c1-6-11-26-31(44)40-29(24-12-8-7-9-13-24)33(46)38-25(19-36)30(43)39-28(21(3)42)32(45)37-22(4)48-27(20(2)34(47)41(26)5)16-23-17-35(18-23)14-10-15-35/h20-29,42H,6-19,36H2,1-5H3,(H,37,45)(H,38,46)(H,39,43)(H,40,44)/t20-,21+,22+,25+,26+,27-,28+,29+/m1/s1. The molecule has 0 aromatic carbocycles. The van der Waals surface area contributed by atoms with Gasteiger partial charge in [-0.05, 0) is 82.5 Å². The van der Waals surface area contributed by atoms with E-state index in [0.29, 0.717) is 30.6 Å². The number of ether oxygens (including phenoxy) is 1. The molecule has 13 heteroatoms. The first-order valence-corrected chi connectivity index (χ1v) is 18.3. The van der Waals surface area contributed by atoms with Gasteiger partial charge in [0.05, 0.1) is 18.1 Å². The maximum atomic E-state index is 14.1. The van der Waals surface area contributed by atoms with Gasteiger partial charge in [-0.25, -0.2) is 0 Å². The second kappa shape index (κ2) is 16.8. The van der Waals surface area contributed by atoms with Gasteiger partial charge in [0.1, 0.15) is 30.4 Å². The molecule has 3 aliphatic carbocycles. The van der Waals surface area contributed by atoms with Gasteiger partial charge in [0, 0.05) is 13.6 Å². The fraction of sp³-hybridized carbons (Fsp3) is 0.857. The topological polar surface area (TPSA) is 192 Å². The Bertz CT molecular complexity index is 1150. The van der Waals surface area contributed by atoms with Crippen molar-refractivity contribution in [2.45, 2.75) is 154 Å². The van der Waals surface area contributed by atoms with Crippen LogP contribution in [0.25, 0.3) is 0 Å². The van der Waals surface area contributed by atoms with Crippen molar-refractivity contribution in [1.82, 2.24) is 26.2 Å². The summed E-state index contributed by atoms with van der Waals surface area (Å²) in [6.07, 6.45) is 9.22. The van der Waals surface area contributed by atoms with Gasteiger partial charge >= 0.3 is 0 Å². The largest absolute Gasteiger partial charge is 0.391 e. The summed E-state index contributed by atoms with van der Waals surface area (Å²) in [4.78, 5) is 70.2. The van der Waals surface area contributed by atoms with Crippen molar-refractivity contribution in [3.8, 4) is 0 Å². The molecule has 272 valence electrons. The molecule has 0 aromatic rings. The number of carbonyl (C=O) groups is 5. The Kier molecular flexibility index (Phi) is 13.3. The molecule has 3 saturated carbocycles. The molecule has 4 fully saturated rings. The van der Waals surface area contributed by atoms with E-state index in [0.717, 1.165) is 44.9 Å². The Hall–Kier alpha value is -2.77. The maximum Gasteiger partial charge on any atom is 0.247 e. The fourth-order valence-corrected chi connectivity index (χ4v) is 8.38. The van der Waals surface area contributed by atoms with Crippen molar-refractivity contribution in [1.29, 1.82) is 0 Å². The van der Waals surface area contributed by atoms with E-state index < -0.39 is 72.1 Å². The molecule has 1 heterocycles. The second-order valence-corrected chi connectivity index (χ2v) is 15.1. The molecule has 4 aliphatic rings. The number of nitrogens with one attached hydrogen (secondary N) is 4. The van der Waals surface area contributed by atoms with E-state index in [2.05, 4.69) is 21.3 Å². The first kappa shape index (κ1) is 38.0. The van der Waals surface area contributed by atoms with E-state index in [4.69, 9.17) is 10.5 Å². The quantitative estimate of drug-likeness (QED) is 0.233. The maximum absolute atomic E-state index is 14.1. The highest BCUT2D eigenvalue weighted by Gasteiger charge is 2.49. The lowest BCUT2D eigenvalue weighted by Crippen LogP contribution is -2.63. The Morgan fingerprint density at radius 1 is 0.917 bits per heavy atom. The molecule has 48 heavy (non-hydrogen) atoms. The lowest BCUT2D eigenvalue weighted by molar-refractivity contribution is -0.152. The zero-order chi connectivity index (χ0) is 35.2. The van der Waals surface area contributed by atoms with Gasteiger partial charge in [-0.3, -0.25) is 24.0 Å². The number of hydrogen-bond acceptors (Lipinski definition) is 8. The molecule has 1 saturated heterocycles. The van der Waals surface area contributed by atoms with Crippen LogP contribution < -0.4 is 27.0 Å². The van der Waals surface area contributed by atoms with Crippen LogP contribution >= 0.6 is 0 Å². The van der Waals surface area contributed by atoms with Gasteiger partial charge in [-0.2, -0.15) is 0 Å². The number of nitrogens with zero attached hydrogens (tertiary/aromatic N) is 1. The van der Waals surface area contributed by atoms with Crippen molar-refractivity contribution in [2.75, 3.05) is 13.6 Å². The Morgan fingerprint density at radius 2 is 1.58 bits per heavy atom. The predicted molar refractivity (Wildman–Crippen MR) is 180 cm³/mol. The average Bonchev–Trinajstić information content (AvgIpc) is 3.02. The lowest BCUT2D eigenvalue weighted by Gasteiger charge is -2.55. The van der Waals surface area contributed by atoms with E-state index in [-0.39, 0.29) is 18.4 Å². The van der Waals surface area contributed by atoms with Crippen molar-refractivity contribution < 1.29 is 33.8 Å². The van der Waals surface area contributed by atoms with E-state index >= 15 is 0 Å². The third-order valence-electron chi connectivity index (χ3n) is 11.4. The summed E-state index contributed by atoms with van der Waals surface area (Å²) < 4.78 is 6.40. The predicted octanol–water partition coefficient (Wildman–Crippen LogP) is 1.46. The number of amides is 5. The highest BCUT2D eigenvalue weighted by Crippen LogP contribution is 2.60. The highest BCUT2D eigenvalue weighted by atomic mass is 16.5. The number of nitrogens with two attached hydrogens (primary N) is 1. The molecule has 1 aliphatic heterocycles. The van der Waals surface area contributed by atoms with Crippen LogP contribution in [-0.2, 0) is 28.7 Å². The number of likely N-dealkylation sites (N-methyl/N-ethyl adjacent to an activating group) is 1. The van der Waals surface area contributed by atoms with Gasteiger partial charge in [0.2, 0.25) is 29.5 Å². The summed E-state index contributed by atoms with van der Waals surface area (Å²) >= 11 is 0. The van der Waals surface area contributed by atoms with Crippen molar-refractivity contribution in [3.05, 3.63) is 0 Å². The minimum atomic E-state index is -1.36. The first-order valence-electron chi connectivity index (χ1n) is 18.3. The molecular weight excluding hydrogens is 616 g/mol. The van der Waals surface area contributed by atoms with Crippen LogP contribution in [0.1, 0.15) is 111 Å². The lowest BCUT2D eigenvalue weighted by atomic mass is 9.51. The van der Waals surface area contributed by atoms with Gasteiger partial charge in [0.15, 0.2) is 0 Å². The third-order valence-corrected chi connectivity index (χ3v) is 11.4. The summed E-state index contributed by atoms with van der Waals surface area (Å²) in [6.45, 7) is 6.51. The summed E-state index contributed by atoms with van der Waals surface area (Å²) in [5, 5.41) is 21.4. The Labute approximate surface area is 285 Å². The summed E-state index contributed by atoms with van der Waals surface area (Å²) in [5.74, 6) is -3.02. The molecule has 5 amide bonds. The van der Waals surface area contributed by atoms with E-state index in [1.165, 1.54) is 31.1 Å². The number of aliphatic hydroxyl groups is 1. The monoisotopic (exact) mass is 676 g/mol. The fourth-order valence-electron chi connectivity index (χ4n) is 8.38. The van der Waals surface area contributed by atoms with Gasteiger partial charge in [-0.15, -0.1) is 0 Å². The minimum Gasteiger partial charge on any atom is -0.391 e. The molecule has 0 unspecified atom stereocenters. The number of carbonyl (C=O) groups excluding carboxylic acids is 5. The Balaban J connectivity index is 1.66. The third kappa shape index (κ3) is 9.06. The first-order chi connectivity index (χ1) is 22.8. The molecule has 0 aromatic heterocycles. The van der Waals surface area contributed by atoms with Crippen molar-refractivity contribution >= 4 is 29.5 Å².